The van der Waals surface area contributed by atoms with E-state index >= 15 is 0 Å². The molecule has 0 aromatic rings. The summed E-state index contributed by atoms with van der Waals surface area (Å²) in [5.74, 6) is -0.284. The normalized spacial score (nSPS) is 37.2. The van der Waals surface area contributed by atoms with Gasteiger partial charge >= 0.3 is 11.9 Å². The third kappa shape index (κ3) is 2.02. The van der Waals surface area contributed by atoms with Crippen molar-refractivity contribution in [2.45, 2.75) is 52.6 Å². The first-order chi connectivity index (χ1) is 8.30. The molecule has 1 saturated heterocycles. The summed E-state index contributed by atoms with van der Waals surface area (Å²) in [4.78, 5) is 23.7. The van der Waals surface area contributed by atoms with E-state index in [-0.39, 0.29) is 29.2 Å². The van der Waals surface area contributed by atoms with Gasteiger partial charge in [-0.1, -0.05) is 6.92 Å². The van der Waals surface area contributed by atoms with Gasteiger partial charge in [-0.2, -0.15) is 0 Å². The molecule has 102 valence electrons. The van der Waals surface area contributed by atoms with Gasteiger partial charge in [-0.05, 0) is 39.0 Å². The number of hydrogen-bond acceptors (Lipinski definition) is 4. The van der Waals surface area contributed by atoms with Crippen molar-refractivity contribution in [1.82, 2.24) is 0 Å². The minimum absolute atomic E-state index is 0.144. The highest BCUT2D eigenvalue weighted by atomic mass is 16.6. The highest BCUT2D eigenvalue weighted by molar-refractivity contribution is 5.79. The van der Waals surface area contributed by atoms with E-state index < -0.39 is 5.60 Å². The smallest absolute Gasteiger partial charge is 0.310 e. The van der Waals surface area contributed by atoms with Crippen molar-refractivity contribution in [3.05, 3.63) is 0 Å². The minimum Gasteiger partial charge on any atom is -0.466 e. The summed E-state index contributed by atoms with van der Waals surface area (Å²) < 4.78 is 10.5. The average Bonchev–Trinajstić information content (AvgIpc) is 2.66. The molecule has 2 aliphatic rings. The van der Waals surface area contributed by atoms with Crippen LogP contribution in [0.4, 0.5) is 0 Å². The molecule has 0 radical (unpaired) electrons. The Morgan fingerprint density at radius 2 is 2.11 bits per heavy atom. The summed E-state index contributed by atoms with van der Waals surface area (Å²) in [5.41, 5.74) is -0.698. The fraction of sp³-hybridized carbons (Fsp3) is 0.857. The minimum atomic E-state index is -0.395. The van der Waals surface area contributed by atoms with E-state index in [1.54, 1.807) is 6.92 Å². The van der Waals surface area contributed by atoms with Crippen LogP contribution in [0.3, 0.4) is 0 Å². The third-order valence-corrected chi connectivity index (χ3v) is 4.54. The molecule has 1 aliphatic heterocycles. The van der Waals surface area contributed by atoms with Gasteiger partial charge in [-0.25, -0.2) is 0 Å². The fourth-order valence-electron chi connectivity index (χ4n) is 3.63. The van der Waals surface area contributed by atoms with Crippen LogP contribution in [0.25, 0.3) is 0 Å². The summed E-state index contributed by atoms with van der Waals surface area (Å²) in [7, 11) is 0. The molecule has 1 heterocycles. The zero-order chi connectivity index (χ0) is 13.6. The number of carbonyl (C=O) groups is 2. The Kier molecular flexibility index (Phi) is 3.16. The van der Waals surface area contributed by atoms with Crippen LogP contribution in [0.5, 0.6) is 0 Å². The number of ether oxygens (including phenoxy) is 2. The number of esters is 2. The Hall–Kier alpha value is -1.06. The maximum Gasteiger partial charge on any atom is 0.310 e. The van der Waals surface area contributed by atoms with Gasteiger partial charge in [-0.15, -0.1) is 0 Å². The third-order valence-electron chi connectivity index (χ3n) is 4.54. The van der Waals surface area contributed by atoms with Crippen LogP contribution in [0.1, 0.15) is 47.0 Å². The quantitative estimate of drug-likeness (QED) is 0.725. The van der Waals surface area contributed by atoms with E-state index in [9.17, 15) is 9.59 Å². The van der Waals surface area contributed by atoms with Crippen molar-refractivity contribution in [1.29, 1.82) is 0 Å². The van der Waals surface area contributed by atoms with Crippen molar-refractivity contribution in [2.75, 3.05) is 6.61 Å². The molecule has 3 unspecified atom stereocenters. The lowest BCUT2D eigenvalue weighted by molar-refractivity contribution is -0.153. The number of hydrogen-bond donors (Lipinski definition) is 0. The largest absolute Gasteiger partial charge is 0.466 e. The summed E-state index contributed by atoms with van der Waals surface area (Å²) in [6.45, 7) is 8.12. The van der Waals surface area contributed by atoms with Crippen LogP contribution >= 0.6 is 0 Å². The number of rotatable bonds is 3. The van der Waals surface area contributed by atoms with Crippen molar-refractivity contribution in [2.24, 2.45) is 17.3 Å². The number of fused-ring (bicyclic) bond motifs is 1. The van der Waals surface area contributed by atoms with Gasteiger partial charge in [0.15, 0.2) is 0 Å². The monoisotopic (exact) mass is 254 g/mol. The lowest BCUT2D eigenvalue weighted by Gasteiger charge is -2.27. The van der Waals surface area contributed by atoms with Crippen LogP contribution in [0.15, 0.2) is 0 Å². The second-order valence-corrected chi connectivity index (χ2v) is 6.28. The van der Waals surface area contributed by atoms with Crippen LogP contribution in [0.2, 0.25) is 0 Å². The molecule has 0 bridgehead atoms. The first kappa shape index (κ1) is 13.4. The van der Waals surface area contributed by atoms with Gasteiger partial charge in [0.1, 0.15) is 5.60 Å². The van der Waals surface area contributed by atoms with Crippen molar-refractivity contribution in [3.63, 3.8) is 0 Å². The summed E-state index contributed by atoms with van der Waals surface area (Å²) in [6.07, 6.45) is 2.15. The molecule has 1 aliphatic carbocycles. The highest BCUT2D eigenvalue weighted by Gasteiger charge is 2.61. The van der Waals surface area contributed by atoms with Gasteiger partial charge in [0.05, 0.1) is 18.9 Å². The van der Waals surface area contributed by atoms with Crippen molar-refractivity contribution >= 4 is 11.9 Å². The average molecular weight is 254 g/mol. The molecule has 4 heteroatoms. The Morgan fingerprint density at radius 1 is 1.44 bits per heavy atom. The molecule has 18 heavy (non-hydrogen) atoms. The van der Waals surface area contributed by atoms with Gasteiger partial charge in [0.25, 0.3) is 0 Å². The second-order valence-electron chi connectivity index (χ2n) is 6.28. The fourth-order valence-corrected chi connectivity index (χ4v) is 3.63. The van der Waals surface area contributed by atoms with Crippen molar-refractivity contribution < 1.29 is 19.1 Å². The van der Waals surface area contributed by atoms with E-state index in [0.29, 0.717) is 13.0 Å². The first-order valence-corrected chi connectivity index (χ1v) is 6.68. The lowest BCUT2D eigenvalue weighted by atomic mass is 9.73. The summed E-state index contributed by atoms with van der Waals surface area (Å²) >= 11 is 0. The molecule has 2 rings (SSSR count). The second kappa shape index (κ2) is 4.25. The highest BCUT2D eigenvalue weighted by Crippen LogP contribution is 2.57. The van der Waals surface area contributed by atoms with E-state index in [2.05, 4.69) is 0 Å². The molecule has 3 atom stereocenters. The van der Waals surface area contributed by atoms with Gasteiger partial charge in [-0.3, -0.25) is 9.59 Å². The summed E-state index contributed by atoms with van der Waals surface area (Å²) in [5, 5.41) is 0. The molecule has 0 spiro atoms. The Balaban J connectivity index is 2.16. The van der Waals surface area contributed by atoms with Crippen LogP contribution in [-0.4, -0.2) is 24.1 Å². The molecule has 4 nitrogen and oxygen atoms in total. The van der Waals surface area contributed by atoms with Gasteiger partial charge in [0, 0.05) is 5.92 Å². The summed E-state index contributed by atoms with van der Waals surface area (Å²) in [6, 6.07) is 0. The first-order valence-electron chi connectivity index (χ1n) is 6.68. The zero-order valence-electron chi connectivity index (χ0n) is 11.6. The molecule has 1 saturated carbocycles. The SMILES string of the molecule is CCOC(=O)CC1(C)CCC2C1C(=O)OC2(C)C. The molecular weight excluding hydrogens is 232 g/mol. The van der Waals surface area contributed by atoms with Crippen LogP contribution < -0.4 is 0 Å². The topological polar surface area (TPSA) is 52.6 Å². The Bertz CT molecular complexity index is 374. The van der Waals surface area contributed by atoms with Gasteiger partial charge < -0.3 is 9.47 Å². The van der Waals surface area contributed by atoms with E-state index in [0.717, 1.165) is 12.8 Å². The zero-order valence-corrected chi connectivity index (χ0v) is 11.6. The number of carbonyl (C=O) groups excluding carboxylic acids is 2. The standard InChI is InChI=1S/C14H22O4/c1-5-17-10(15)8-14(4)7-6-9-11(14)12(16)18-13(9,2)3/h9,11H,5-8H2,1-4H3. The Labute approximate surface area is 108 Å². The maximum absolute atomic E-state index is 12.1. The molecular formula is C14H22O4. The van der Waals surface area contributed by atoms with E-state index in [1.807, 2.05) is 20.8 Å². The Morgan fingerprint density at radius 3 is 2.72 bits per heavy atom. The van der Waals surface area contributed by atoms with E-state index in [4.69, 9.17) is 9.47 Å². The van der Waals surface area contributed by atoms with Crippen molar-refractivity contribution in [3.8, 4) is 0 Å². The number of cyclic esters (lactones) is 1. The molecule has 0 aromatic heterocycles. The lowest BCUT2D eigenvalue weighted by Crippen LogP contribution is -2.32. The molecule has 0 N–H and O–H groups in total. The predicted molar refractivity (Wildman–Crippen MR) is 65.7 cm³/mol. The van der Waals surface area contributed by atoms with Gasteiger partial charge in [0.2, 0.25) is 0 Å². The molecule has 2 fully saturated rings. The molecule has 0 aromatic carbocycles. The van der Waals surface area contributed by atoms with E-state index in [1.165, 1.54) is 0 Å². The van der Waals surface area contributed by atoms with Crippen LogP contribution in [-0.2, 0) is 19.1 Å². The molecule has 0 amide bonds. The maximum atomic E-state index is 12.1. The van der Waals surface area contributed by atoms with Crippen LogP contribution in [0, 0.1) is 17.3 Å². The predicted octanol–water partition coefficient (Wildman–Crippen LogP) is 2.31.